The van der Waals surface area contributed by atoms with Crippen LogP contribution < -0.4 is 0 Å². The van der Waals surface area contributed by atoms with Crippen molar-refractivity contribution >= 4 is 11.9 Å². The van der Waals surface area contributed by atoms with Gasteiger partial charge in [0.25, 0.3) is 5.69 Å². The lowest BCUT2D eigenvalue weighted by atomic mass is 10.2. The Bertz CT molecular complexity index is 567. The zero-order chi connectivity index (χ0) is 13.5. The van der Waals surface area contributed by atoms with Gasteiger partial charge in [0.2, 0.25) is 0 Å². The van der Waals surface area contributed by atoms with E-state index >= 15 is 0 Å². The fraction of sp³-hybridized carbons (Fsp3) is 0.0769. The molecule has 0 radical (unpaired) electrons. The summed E-state index contributed by atoms with van der Waals surface area (Å²) in [5.41, 5.74) is 1.76. The maximum atomic E-state index is 10.5. The molecule has 19 heavy (non-hydrogen) atoms. The van der Waals surface area contributed by atoms with Crippen molar-refractivity contribution in [3.8, 4) is 0 Å². The van der Waals surface area contributed by atoms with Crippen LogP contribution in [0.5, 0.6) is 0 Å². The van der Waals surface area contributed by atoms with E-state index in [0.29, 0.717) is 0 Å². The molecule has 2 rings (SSSR count). The number of nitro groups is 1. The van der Waals surface area contributed by atoms with E-state index < -0.39 is 4.92 Å². The fourth-order valence-electron chi connectivity index (χ4n) is 1.37. The minimum absolute atomic E-state index is 0.0593. The molecule has 6 nitrogen and oxygen atoms in total. The molecule has 1 aromatic heterocycles. The molecule has 2 aromatic rings. The molecule has 6 heteroatoms. The van der Waals surface area contributed by atoms with Crippen LogP contribution in [0.3, 0.4) is 0 Å². The van der Waals surface area contributed by atoms with Crippen molar-refractivity contribution in [2.24, 2.45) is 5.16 Å². The maximum Gasteiger partial charge on any atom is 0.269 e. The molecule has 0 fully saturated rings. The molecule has 0 aliphatic carbocycles. The third-order valence-corrected chi connectivity index (χ3v) is 2.36. The van der Waals surface area contributed by atoms with Crippen LogP contribution in [0.4, 0.5) is 5.69 Å². The summed E-state index contributed by atoms with van der Waals surface area (Å²) in [5, 5.41) is 14.3. The summed E-state index contributed by atoms with van der Waals surface area (Å²) in [4.78, 5) is 19.0. The van der Waals surface area contributed by atoms with Crippen LogP contribution in [0.25, 0.3) is 0 Å². The van der Waals surface area contributed by atoms with E-state index in [1.54, 1.807) is 42.9 Å². The summed E-state index contributed by atoms with van der Waals surface area (Å²) in [6.07, 6.45) is 4.91. The van der Waals surface area contributed by atoms with Gasteiger partial charge in [-0.25, -0.2) is 0 Å². The van der Waals surface area contributed by atoms with Crippen LogP contribution in [-0.4, -0.2) is 16.1 Å². The van der Waals surface area contributed by atoms with Gasteiger partial charge in [0, 0.05) is 24.5 Å². The lowest BCUT2D eigenvalue weighted by Gasteiger charge is -1.99. The summed E-state index contributed by atoms with van der Waals surface area (Å²) in [6, 6.07) is 9.76. The van der Waals surface area contributed by atoms with Crippen LogP contribution >= 0.6 is 0 Å². The zero-order valence-corrected chi connectivity index (χ0v) is 9.97. The van der Waals surface area contributed by atoms with Crippen LogP contribution in [0, 0.1) is 10.1 Å². The van der Waals surface area contributed by atoms with Crippen molar-refractivity contribution in [3.05, 3.63) is 70.0 Å². The first-order valence-corrected chi connectivity index (χ1v) is 5.54. The van der Waals surface area contributed by atoms with Crippen LogP contribution in [0.15, 0.2) is 53.9 Å². The lowest BCUT2D eigenvalue weighted by molar-refractivity contribution is -0.384. The van der Waals surface area contributed by atoms with Crippen molar-refractivity contribution in [1.29, 1.82) is 0 Å². The molecular formula is C13H11N3O3. The number of nitro benzene ring substituents is 1. The van der Waals surface area contributed by atoms with E-state index in [1.807, 2.05) is 0 Å². The Labute approximate surface area is 109 Å². The molecule has 0 N–H and O–H groups in total. The molecule has 0 unspecified atom stereocenters. The number of benzene rings is 1. The Hall–Kier alpha value is -2.76. The van der Waals surface area contributed by atoms with E-state index in [-0.39, 0.29) is 12.3 Å². The highest BCUT2D eigenvalue weighted by molar-refractivity contribution is 5.78. The number of pyridine rings is 1. The molecule has 0 spiro atoms. The lowest BCUT2D eigenvalue weighted by Crippen LogP contribution is -1.91. The van der Waals surface area contributed by atoms with Crippen LogP contribution in [-0.2, 0) is 11.4 Å². The number of oxime groups is 1. The molecule has 0 saturated heterocycles. The summed E-state index contributed by atoms with van der Waals surface area (Å²) in [7, 11) is 0. The second-order valence-electron chi connectivity index (χ2n) is 3.71. The molecular weight excluding hydrogens is 246 g/mol. The van der Waals surface area contributed by atoms with Gasteiger partial charge >= 0.3 is 0 Å². The van der Waals surface area contributed by atoms with Gasteiger partial charge in [-0.2, -0.15) is 0 Å². The number of hydrogen-bond acceptors (Lipinski definition) is 5. The second-order valence-corrected chi connectivity index (χ2v) is 3.71. The van der Waals surface area contributed by atoms with Gasteiger partial charge < -0.3 is 4.84 Å². The van der Waals surface area contributed by atoms with Crippen LogP contribution in [0.2, 0.25) is 0 Å². The molecule has 0 bridgehead atoms. The highest BCUT2D eigenvalue weighted by Gasteiger charge is 2.03. The highest BCUT2D eigenvalue weighted by Crippen LogP contribution is 2.12. The number of nitrogens with zero attached hydrogens (tertiary/aromatic N) is 3. The van der Waals surface area contributed by atoms with Crippen molar-refractivity contribution in [2.75, 3.05) is 0 Å². The van der Waals surface area contributed by atoms with Gasteiger partial charge in [0.1, 0.15) is 6.61 Å². The zero-order valence-electron chi connectivity index (χ0n) is 9.97. The van der Waals surface area contributed by atoms with Gasteiger partial charge in [-0.1, -0.05) is 5.16 Å². The fourth-order valence-corrected chi connectivity index (χ4v) is 1.37. The first kappa shape index (κ1) is 12.7. The smallest absolute Gasteiger partial charge is 0.269 e. The van der Waals surface area contributed by atoms with Crippen molar-refractivity contribution in [1.82, 2.24) is 4.98 Å². The minimum Gasteiger partial charge on any atom is -0.391 e. The Morgan fingerprint density at radius 1 is 1.21 bits per heavy atom. The standard InChI is InChI=1S/C13H11N3O3/c17-16(18)13-3-1-12(2-4-13)10-19-15-9-11-5-7-14-8-6-11/h1-9H,10H2/b15-9+. The SMILES string of the molecule is O=[N+]([O-])c1ccc(CO/N=C/c2ccncc2)cc1. The summed E-state index contributed by atoms with van der Waals surface area (Å²) >= 11 is 0. The molecule has 0 saturated carbocycles. The number of non-ortho nitro benzene ring substituents is 1. The van der Waals surface area contributed by atoms with E-state index in [2.05, 4.69) is 10.1 Å². The van der Waals surface area contributed by atoms with Gasteiger partial charge in [0.05, 0.1) is 11.1 Å². The second kappa shape index (κ2) is 6.25. The summed E-state index contributed by atoms with van der Waals surface area (Å²) < 4.78 is 0. The predicted octanol–water partition coefficient (Wildman–Crippen LogP) is 2.54. The average Bonchev–Trinajstić information content (AvgIpc) is 2.45. The predicted molar refractivity (Wildman–Crippen MR) is 69.7 cm³/mol. The van der Waals surface area contributed by atoms with Crippen LogP contribution in [0.1, 0.15) is 11.1 Å². The summed E-state index contributed by atoms with van der Waals surface area (Å²) in [6.45, 7) is 0.263. The van der Waals surface area contributed by atoms with Crippen molar-refractivity contribution in [3.63, 3.8) is 0 Å². The van der Waals surface area contributed by atoms with Crippen molar-refractivity contribution < 1.29 is 9.76 Å². The van der Waals surface area contributed by atoms with E-state index in [4.69, 9.17) is 4.84 Å². The van der Waals surface area contributed by atoms with E-state index in [1.165, 1.54) is 12.1 Å². The Morgan fingerprint density at radius 2 is 1.89 bits per heavy atom. The molecule has 0 atom stereocenters. The van der Waals surface area contributed by atoms with Gasteiger partial charge in [-0.05, 0) is 35.4 Å². The minimum atomic E-state index is -0.438. The molecule has 1 aromatic carbocycles. The van der Waals surface area contributed by atoms with Gasteiger partial charge in [-0.3, -0.25) is 15.1 Å². The summed E-state index contributed by atoms with van der Waals surface area (Å²) in [5.74, 6) is 0. The first-order chi connectivity index (χ1) is 9.25. The monoisotopic (exact) mass is 257 g/mol. The number of hydrogen-bond donors (Lipinski definition) is 0. The topological polar surface area (TPSA) is 77.6 Å². The maximum absolute atomic E-state index is 10.5. The molecule has 0 amide bonds. The molecule has 96 valence electrons. The Balaban J connectivity index is 1.86. The van der Waals surface area contributed by atoms with Gasteiger partial charge in [0.15, 0.2) is 0 Å². The largest absolute Gasteiger partial charge is 0.391 e. The molecule has 0 aliphatic heterocycles. The molecule has 0 aliphatic rings. The third-order valence-electron chi connectivity index (χ3n) is 2.36. The number of aromatic nitrogens is 1. The highest BCUT2D eigenvalue weighted by atomic mass is 16.6. The Kier molecular flexibility index (Phi) is 4.17. The Morgan fingerprint density at radius 3 is 2.53 bits per heavy atom. The van der Waals surface area contributed by atoms with E-state index in [9.17, 15) is 10.1 Å². The van der Waals surface area contributed by atoms with Crippen molar-refractivity contribution in [2.45, 2.75) is 6.61 Å². The van der Waals surface area contributed by atoms with E-state index in [0.717, 1.165) is 11.1 Å². The first-order valence-electron chi connectivity index (χ1n) is 5.54. The normalized spacial score (nSPS) is 10.5. The number of rotatable bonds is 5. The van der Waals surface area contributed by atoms with Gasteiger partial charge in [-0.15, -0.1) is 0 Å². The quantitative estimate of drug-likeness (QED) is 0.468. The average molecular weight is 257 g/mol. The molecule has 1 heterocycles. The third kappa shape index (κ3) is 3.88.